The molecule has 1 aliphatic heterocycles. The number of ether oxygens (including phenoxy) is 1. The maximum Gasteiger partial charge on any atom is 0.271 e. The van der Waals surface area contributed by atoms with Gasteiger partial charge in [-0.15, -0.1) is 0 Å². The SMILES string of the molecule is O=C(NN=Cc1ccc(OCC(=O)N2CCC(O)(c3ccc(Cl)cc3)CC2)c2ccccc12)c1ccc(O)c(Cl)c1. The number of rotatable bonds is 7. The molecule has 4 aromatic carbocycles. The average molecular weight is 592 g/mol. The van der Waals surface area contributed by atoms with Crippen molar-refractivity contribution in [3.8, 4) is 11.5 Å². The molecule has 3 N–H and O–H groups in total. The van der Waals surface area contributed by atoms with E-state index in [1.807, 2.05) is 36.4 Å². The molecule has 5 rings (SSSR count). The standard InChI is InChI=1S/C31H27Cl2N3O5/c32-23-9-7-22(8-10-23)31(40)13-15-36(16-14-31)29(38)19-41-28-12-6-21(24-3-1-2-4-25(24)28)18-34-35-30(39)20-5-11-27(37)26(33)17-20/h1-12,17-18,37,40H,13-16,19H2,(H,35,39). The van der Waals surface area contributed by atoms with E-state index >= 15 is 0 Å². The average Bonchev–Trinajstić information content (AvgIpc) is 2.98. The van der Waals surface area contributed by atoms with Crippen molar-refractivity contribution in [1.82, 2.24) is 10.3 Å². The zero-order valence-corrected chi connectivity index (χ0v) is 23.4. The fourth-order valence-electron chi connectivity index (χ4n) is 4.81. The van der Waals surface area contributed by atoms with E-state index in [-0.39, 0.29) is 28.8 Å². The minimum Gasteiger partial charge on any atom is -0.506 e. The molecule has 210 valence electrons. The fourth-order valence-corrected chi connectivity index (χ4v) is 5.12. The third-order valence-corrected chi connectivity index (χ3v) is 7.73. The molecule has 4 aromatic rings. The van der Waals surface area contributed by atoms with Gasteiger partial charge in [-0.3, -0.25) is 9.59 Å². The number of carbonyl (C=O) groups excluding carboxylic acids is 2. The van der Waals surface area contributed by atoms with E-state index in [0.717, 1.165) is 21.9 Å². The summed E-state index contributed by atoms with van der Waals surface area (Å²) < 4.78 is 5.94. The Morgan fingerprint density at radius 2 is 1.68 bits per heavy atom. The molecule has 0 saturated carbocycles. The molecule has 10 heteroatoms. The Labute approximate surface area is 246 Å². The highest BCUT2D eigenvalue weighted by atomic mass is 35.5. The number of hydrogen-bond donors (Lipinski definition) is 3. The number of hydrazone groups is 1. The van der Waals surface area contributed by atoms with E-state index in [9.17, 15) is 19.8 Å². The topological polar surface area (TPSA) is 111 Å². The number of benzene rings is 4. The third kappa shape index (κ3) is 6.46. The van der Waals surface area contributed by atoms with E-state index in [0.29, 0.717) is 36.7 Å². The Bertz CT molecular complexity index is 1620. The first-order valence-corrected chi connectivity index (χ1v) is 13.7. The molecule has 0 atom stereocenters. The Hall–Kier alpha value is -4.11. The molecular weight excluding hydrogens is 565 g/mol. The smallest absolute Gasteiger partial charge is 0.271 e. The second-order valence-corrected chi connectivity index (χ2v) is 10.6. The molecule has 8 nitrogen and oxygen atoms in total. The van der Waals surface area contributed by atoms with Crippen molar-refractivity contribution in [2.45, 2.75) is 18.4 Å². The van der Waals surface area contributed by atoms with Crippen LogP contribution in [0.1, 0.15) is 34.3 Å². The summed E-state index contributed by atoms with van der Waals surface area (Å²) in [6.45, 7) is 0.696. The number of fused-ring (bicyclic) bond motifs is 1. The molecule has 0 aromatic heterocycles. The number of amides is 2. The summed E-state index contributed by atoms with van der Waals surface area (Å²) in [6.07, 6.45) is 2.37. The molecule has 41 heavy (non-hydrogen) atoms. The van der Waals surface area contributed by atoms with Crippen LogP contribution in [0.3, 0.4) is 0 Å². The van der Waals surface area contributed by atoms with Crippen LogP contribution in [-0.2, 0) is 10.4 Å². The quantitative estimate of drug-likeness (QED) is 0.194. The van der Waals surface area contributed by atoms with Gasteiger partial charge < -0.3 is 19.8 Å². The van der Waals surface area contributed by atoms with Crippen molar-refractivity contribution in [3.05, 3.63) is 106 Å². The minimum absolute atomic E-state index is 0.0708. The maximum atomic E-state index is 12.9. The number of likely N-dealkylation sites (tertiary alicyclic amines) is 1. The van der Waals surface area contributed by atoms with Crippen molar-refractivity contribution in [1.29, 1.82) is 0 Å². The summed E-state index contributed by atoms with van der Waals surface area (Å²) in [5.74, 6) is -0.201. The number of piperidine rings is 1. The molecule has 1 fully saturated rings. The fraction of sp³-hybridized carbons (Fsp3) is 0.194. The number of aromatic hydroxyl groups is 1. The largest absolute Gasteiger partial charge is 0.506 e. The number of hydrogen-bond acceptors (Lipinski definition) is 6. The van der Waals surface area contributed by atoms with Gasteiger partial charge in [0, 0.05) is 34.6 Å². The highest BCUT2D eigenvalue weighted by Crippen LogP contribution is 2.34. The zero-order valence-electron chi connectivity index (χ0n) is 21.9. The predicted octanol–water partition coefficient (Wildman–Crippen LogP) is 5.51. The normalized spacial score (nSPS) is 14.8. The van der Waals surface area contributed by atoms with Gasteiger partial charge in [-0.2, -0.15) is 5.10 Å². The van der Waals surface area contributed by atoms with Crippen LogP contribution in [0.5, 0.6) is 11.5 Å². The lowest BCUT2D eigenvalue weighted by Crippen LogP contribution is -2.46. The van der Waals surface area contributed by atoms with Gasteiger partial charge in [0.25, 0.3) is 11.8 Å². The second kappa shape index (κ2) is 12.2. The molecule has 1 saturated heterocycles. The van der Waals surface area contributed by atoms with Gasteiger partial charge in [-0.1, -0.05) is 59.6 Å². The Morgan fingerprint density at radius 3 is 2.39 bits per heavy atom. The summed E-state index contributed by atoms with van der Waals surface area (Å²) in [5.41, 5.74) is 3.25. The monoisotopic (exact) mass is 591 g/mol. The molecule has 0 aliphatic carbocycles. The number of nitrogens with one attached hydrogen (secondary N) is 1. The summed E-state index contributed by atoms with van der Waals surface area (Å²) in [5, 5.41) is 27.0. The van der Waals surface area contributed by atoms with Crippen molar-refractivity contribution in [2.24, 2.45) is 5.10 Å². The van der Waals surface area contributed by atoms with Crippen LogP contribution in [0.2, 0.25) is 10.0 Å². The summed E-state index contributed by atoms with van der Waals surface area (Å²) in [7, 11) is 0. The number of aliphatic hydroxyl groups is 1. The Kier molecular flexibility index (Phi) is 8.44. The molecule has 1 aliphatic rings. The molecule has 0 radical (unpaired) electrons. The van der Waals surface area contributed by atoms with Gasteiger partial charge in [-0.25, -0.2) is 5.43 Å². The highest BCUT2D eigenvalue weighted by Gasteiger charge is 2.35. The van der Waals surface area contributed by atoms with E-state index in [2.05, 4.69) is 10.5 Å². The lowest BCUT2D eigenvalue weighted by Gasteiger charge is -2.38. The lowest BCUT2D eigenvalue weighted by molar-refractivity contribution is -0.137. The van der Waals surface area contributed by atoms with Gasteiger partial charge in [0.15, 0.2) is 6.61 Å². The summed E-state index contributed by atoms with van der Waals surface area (Å²) in [4.78, 5) is 27.0. The van der Waals surface area contributed by atoms with Crippen LogP contribution in [-0.4, -0.2) is 52.8 Å². The summed E-state index contributed by atoms with van der Waals surface area (Å²) >= 11 is 11.9. The molecule has 0 bridgehead atoms. The summed E-state index contributed by atoms with van der Waals surface area (Å²) in [6, 6.07) is 22.4. The number of phenols is 1. The number of carbonyl (C=O) groups is 2. The maximum absolute atomic E-state index is 12.9. The van der Waals surface area contributed by atoms with E-state index in [1.54, 1.807) is 29.2 Å². The number of halogens is 2. The molecule has 0 unspecified atom stereocenters. The van der Waals surface area contributed by atoms with Crippen LogP contribution in [0.25, 0.3) is 10.8 Å². The first-order valence-electron chi connectivity index (χ1n) is 13.0. The van der Waals surface area contributed by atoms with Crippen LogP contribution in [0.4, 0.5) is 0 Å². The molecule has 2 amide bonds. The first-order chi connectivity index (χ1) is 19.7. The van der Waals surface area contributed by atoms with E-state index < -0.39 is 11.5 Å². The van der Waals surface area contributed by atoms with Crippen molar-refractivity contribution >= 4 is 52.0 Å². The number of phenolic OH excluding ortho intramolecular Hbond substituents is 1. The zero-order chi connectivity index (χ0) is 29.0. The number of nitrogens with zero attached hydrogens (tertiary/aromatic N) is 2. The lowest BCUT2D eigenvalue weighted by atomic mass is 9.84. The Balaban J connectivity index is 1.21. The third-order valence-electron chi connectivity index (χ3n) is 7.17. The van der Waals surface area contributed by atoms with Gasteiger partial charge in [-0.05, 0) is 66.3 Å². The molecular formula is C31H27Cl2N3O5. The van der Waals surface area contributed by atoms with Crippen LogP contribution < -0.4 is 10.2 Å². The van der Waals surface area contributed by atoms with Crippen molar-refractivity contribution in [3.63, 3.8) is 0 Å². The van der Waals surface area contributed by atoms with Gasteiger partial charge in [0.1, 0.15) is 11.5 Å². The first kappa shape index (κ1) is 28.4. The molecule has 1 heterocycles. The van der Waals surface area contributed by atoms with Gasteiger partial charge >= 0.3 is 0 Å². The van der Waals surface area contributed by atoms with Crippen molar-refractivity contribution < 1.29 is 24.5 Å². The van der Waals surface area contributed by atoms with Gasteiger partial charge in [0.05, 0.1) is 16.8 Å². The van der Waals surface area contributed by atoms with Crippen LogP contribution in [0, 0.1) is 0 Å². The van der Waals surface area contributed by atoms with Crippen LogP contribution >= 0.6 is 23.2 Å². The van der Waals surface area contributed by atoms with Crippen molar-refractivity contribution in [2.75, 3.05) is 19.7 Å². The second-order valence-electron chi connectivity index (χ2n) is 9.77. The van der Waals surface area contributed by atoms with Gasteiger partial charge in [0.2, 0.25) is 0 Å². The van der Waals surface area contributed by atoms with Crippen LogP contribution in [0.15, 0.2) is 84.0 Å². The van der Waals surface area contributed by atoms with E-state index in [1.165, 1.54) is 24.4 Å². The minimum atomic E-state index is -0.994. The Morgan fingerprint density at radius 1 is 0.976 bits per heavy atom. The highest BCUT2D eigenvalue weighted by molar-refractivity contribution is 6.32. The van der Waals surface area contributed by atoms with E-state index in [4.69, 9.17) is 27.9 Å². The predicted molar refractivity (Wildman–Crippen MR) is 159 cm³/mol. The molecule has 0 spiro atoms.